The Morgan fingerprint density at radius 3 is 2.92 bits per heavy atom. The van der Waals surface area contributed by atoms with Crippen LogP contribution in [0.1, 0.15) is 32.6 Å². The van der Waals surface area contributed by atoms with Gasteiger partial charge in [-0.3, -0.25) is 4.79 Å². The first kappa shape index (κ1) is 18.3. The summed E-state index contributed by atoms with van der Waals surface area (Å²) >= 11 is 4.84. The van der Waals surface area contributed by atoms with E-state index in [1.165, 1.54) is 22.9 Å². The summed E-state index contributed by atoms with van der Waals surface area (Å²) in [5.41, 5.74) is 0.873. The lowest BCUT2D eigenvalue weighted by atomic mass is 10.0. The molecule has 1 aliphatic heterocycles. The van der Waals surface area contributed by atoms with Crippen LogP contribution in [-0.2, 0) is 4.79 Å². The van der Waals surface area contributed by atoms with Crippen LogP contribution in [0.4, 0.5) is 0 Å². The van der Waals surface area contributed by atoms with Crippen molar-refractivity contribution in [3.8, 4) is 11.4 Å². The zero-order valence-electron chi connectivity index (χ0n) is 14.2. The van der Waals surface area contributed by atoms with Crippen molar-refractivity contribution in [2.45, 2.75) is 43.8 Å². The lowest BCUT2D eigenvalue weighted by Gasteiger charge is -2.35. The van der Waals surface area contributed by atoms with E-state index in [-0.39, 0.29) is 5.91 Å². The molecule has 134 valence electrons. The van der Waals surface area contributed by atoms with Gasteiger partial charge >= 0.3 is 0 Å². The van der Waals surface area contributed by atoms with Crippen LogP contribution in [-0.4, -0.2) is 44.0 Å². The van der Waals surface area contributed by atoms with E-state index in [9.17, 15) is 4.79 Å². The molecule has 0 radical (unpaired) electrons. The summed E-state index contributed by atoms with van der Waals surface area (Å²) in [6.45, 7) is 3.00. The maximum absolute atomic E-state index is 12.6. The molecule has 1 unspecified atom stereocenters. The van der Waals surface area contributed by atoms with Crippen molar-refractivity contribution in [3.63, 3.8) is 0 Å². The van der Waals surface area contributed by atoms with Crippen molar-refractivity contribution in [3.05, 3.63) is 28.7 Å². The van der Waals surface area contributed by atoms with Gasteiger partial charge in [-0.1, -0.05) is 46.7 Å². The molecule has 2 heterocycles. The first-order valence-electron chi connectivity index (χ1n) is 8.49. The molecule has 3 rings (SSSR count). The molecule has 1 atom stereocenters. The molecule has 6 nitrogen and oxygen atoms in total. The number of nitrogens with zero attached hydrogens (tertiary/aromatic N) is 4. The highest BCUT2D eigenvalue weighted by Crippen LogP contribution is 2.28. The van der Waals surface area contributed by atoms with E-state index < -0.39 is 0 Å². The fourth-order valence-corrected chi connectivity index (χ4v) is 4.37. The highest BCUT2D eigenvalue weighted by molar-refractivity contribution is 9.10. The van der Waals surface area contributed by atoms with Crippen LogP contribution in [0.15, 0.2) is 33.9 Å². The fraction of sp³-hybridized carbons (Fsp3) is 0.471. The van der Waals surface area contributed by atoms with Gasteiger partial charge < -0.3 is 10.7 Å². The minimum atomic E-state index is 0.155. The molecule has 1 aromatic heterocycles. The van der Waals surface area contributed by atoms with Crippen molar-refractivity contribution in [2.75, 3.05) is 18.1 Å². The molecule has 0 aliphatic carbocycles. The van der Waals surface area contributed by atoms with Crippen molar-refractivity contribution in [1.82, 2.24) is 19.8 Å². The molecular weight excluding hydrogens is 402 g/mol. The minimum absolute atomic E-state index is 0.155. The lowest BCUT2D eigenvalue weighted by molar-refractivity contribution is -0.132. The molecule has 1 aliphatic rings. The molecule has 1 fully saturated rings. The Morgan fingerprint density at radius 1 is 1.36 bits per heavy atom. The Labute approximate surface area is 160 Å². The van der Waals surface area contributed by atoms with E-state index in [0.717, 1.165) is 35.8 Å². The topological polar surface area (TPSA) is 77.0 Å². The summed E-state index contributed by atoms with van der Waals surface area (Å²) in [5, 5.41) is 8.87. The van der Waals surface area contributed by atoms with Gasteiger partial charge in [0.25, 0.3) is 0 Å². The van der Waals surface area contributed by atoms with Gasteiger partial charge in [0.05, 0.1) is 5.75 Å². The first-order valence-corrected chi connectivity index (χ1v) is 10.3. The molecule has 2 N–H and O–H groups in total. The number of piperidine rings is 1. The number of rotatable bonds is 5. The highest BCUT2D eigenvalue weighted by Gasteiger charge is 2.25. The Morgan fingerprint density at radius 2 is 2.16 bits per heavy atom. The van der Waals surface area contributed by atoms with Crippen LogP contribution < -0.4 is 5.84 Å². The molecule has 1 aromatic carbocycles. The largest absolute Gasteiger partial charge is 0.339 e. The number of thioether (sulfide) groups is 1. The number of nitrogen functional groups attached to an aromatic ring is 1. The summed E-state index contributed by atoms with van der Waals surface area (Å²) in [7, 11) is 0. The van der Waals surface area contributed by atoms with Gasteiger partial charge in [-0.05, 0) is 37.8 Å². The zero-order chi connectivity index (χ0) is 17.8. The monoisotopic (exact) mass is 423 g/mol. The second kappa shape index (κ2) is 8.23. The van der Waals surface area contributed by atoms with E-state index in [1.54, 1.807) is 0 Å². The Bertz CT molecular complexity index is 750. The normalized spacial score (nSPS) is 17.7. The molecule has 0 saturated carbocycles. The van der Waals surface area contributed by atoms with Gasteiger partial charge in [-0.2, -0.15) is 0 Å². The van der Waals surface area contributed by atoms with Crippen LogP contribution in [0.25, 0.3) is 11.4 Å². The van der Waals surface area contributed by atoms with Crippen molar-refractivity contribution < 1.29 is 4.79 Å². The van der Waals surface area contributed by atoms with Gasteiger partial charge in [0, 0.05) is 22.6 Å². The van der Waals surface area contributed by atoms with Gasteiger partial charge in [0.1, 0.15) is 0 Å². The summed E-state index contributed by atoms with van der Waals surface area (Å²) < 4.78 is 2.35. The average molecular weight is 424 g/mol. The molecule has 8 heteroatoms. The zero-order valence-corrected chi connectivity index (χ0v) is 16.6. The summed E-state index contributed by atoms with van der Waals surface area (Å²) in [6, 6.07) is 8.08. The number of hydrogen-bond donors (Lipinski definition) is 1. The maximum atomic E-state index is 12.6. The fourth-order valence-electron chi connectivity index (χ4n) is 3.16. The van der Waals surface area contributed by atoms with E-state index in [4.69, 9.17) is 5.84 Å². The molecule has 25 heavy (non-hydrogen) atoms. The Hall–Kier alpha value is -1.54. The minimum Gasteiger partial charge on any atom is -0.339 e. The number of halogens is 1. The van der Waals surface area contributed by atoms with Gasteiger partial charge in [0.15, 0.2) is 5.82 Å². The van der Waals surface area contributed by atoms with E-state index in [0.29, 0.717) is 22.8 Å². The third-order valence-corrected chi connectivity index (χ3v) is 6.14. The number of carbonyl (C=O) groups is 1. The maximum Gasteiger partial charge on any atom is 0.233 e. The molecular formula is C17H22BrN5OS. The van der Waals surface area contributed by atoms with Crippen LogP contribution in [0.3, 0.4) is 0 Å². The van der Waals surface area contributed by atoms with Crippen molar-refractivity contribution >= 4 is 33.6 Å². The summed E-state index contributed by atoms with van der Waals surface area (Å²) in [4.78, 5) is 14.6. The second-order valence-corrected chi connectivity index (χ2v) is 7.89. The van der Waals surface area contributed by atoms with Crippen LogP contribution in [0, 0.1) is 0 Å². The molecule has 0 bridgehead atoms. The third-order valence-electron chi connectivity index (χ3n) is 4.52. The number of amides is 1. The number of carbonyl (C=O) groups excluding carboxylic acids is 1. The number of benzene rings is 1. The molecule has 1 amide bonds. The van der Waals surface area contributed by atoms with Crippen molar-refractivity contribution in [1.29, 1.82) is 0 Å². The highest BCUT2D eigenvalue weighted by atomic mass is 79.9. The van der Waals surface area contributed by atoms with Crippen LogP contribution >= 0.6 is 27.7 Å². The molecule has 0 spiro atoms. The van der Waals surface area contributed by atoms with E-state index in [2.05, 4.69) is 33.1 Å². The number of likely N-dealkylation sites (tertiary alicyclic amines) is 1. The second-order valence-electron chi connectivity index (χ2n) is 6.09. The van der Waals surface area contributed by atoms with Crippen LogP contribution in [0.5, 0.6) is 0 Å². The van der Waals surface area contributed by atoms with Gasteiger partial charge in [-0.25, -0.2) is 4.68 Å². The van der Waals surface area contributed by atoms with Gasteiger partial charge in [0.2, 0.25) is 11.1 Å². The standard InChI is InChI=1S/C17H22BrN5OS/c1-2-12-7-5-6-10-22(12)15(24)11-25-17-21-20-16(23(17)19)13-8-3-4-9-14(13)18/h3-4,8-9,12H,2,5-7,10-11,19H2,1H3. The van der Waals surface area contributed by atoms with E-state index in [1.807, 2.05) is 29.2 Å². The number of aromatic nitrogens is 3. The van der Waals surface area contributed by atoms with Crippen molar-refractivity contribution in [2.24, 2.45) is 0 Å². The summed E-state index contributed by atoms with van der Waals surface area (Å²) in [5.74, 6) is 7.21. The Balaban J connectivity index is 1.68. The van der Waals surface area contributed by atoms with Gasteiger partial charge in [-0.15, -0.1) is 10.2 Å². The summed E-state index contributed by atoms with van der Waals surface area (Å²) in [6.07, 6.45) is 4.41. The third kappa shape index (κ3) is 4.00. The molecule has 2 aromatic rings. The SMILES string of the molecule is CCC1CCCCN1C(=O)CSc1nnc(-c2ccccc2Br)n1N. The molecule has 1 saturated heterocycles. The quantitative estimate of drug-likeness (QED) is 0.589. The predicted molar refractivity (Wildman–Crippen MR) is 104 cm³/mol. The van der Waals surface area contributed by atoms with E-state index >= 15 is 0 Å². The predicted octanol–water partition coefficient (Wildman–Crippen LogP) is 3.30. The first-order chi connectivity index (χ1) is 12.1. The number of hydrogen-bond acceptors (Lipinski definition) is 5. The van der Waals surface area contributed by atoms with Crippen LogP contribution in [0.2, 0.25) is 0 Å². The number of nitrogens with two attached hydrogens (primary N) is 1. The Kier molecular flexibility index (Phi) is 6.01. The lowest BCUT2D eigenvalue weighted by Crippen LogP contribution is -2.44. The smallest absolute Gasteiger partial charge is 0.233 e. The average Bonchev–Trinajstić information content (AvgIpc) is 3.00.